The van der Waals surface area contributed by atoms with Crippen molar-refractivity contribution in [3.8, 4) is 5.75 Å². The molecule has 0 aromatic heterocycles. The van der Waals surface area contributed by atoms with Gasteiger partial charge in [0.25, 0.3) is 4.57 Å². The Bertz CT molecular complexity index is 452. The minimum atomic E-state index is -3.51. The van der Waals surface area contributed by atoms with Crippen molar-refractivity contribution in [1.82, 2.24) is 0 Å². The van der Waals surface area contributed by atoms with Crippen molar-refractivity contribution in [3.05, 3.63) is 24.3 Å². The Kier molecular flexibility index (Phi) is 4.01. The standard InChI is InChI=1S/C8H7ClO4S2/c1-15(11,12)13-6-2-4-7(5-3-6)14-8(9)10/h2-5H,1H3. The van der Waals surface area contributed by atoms with Crippen LogP contribution in [0.4, 0.5) is 4.79 Å². The molecule has 0 bridgehead atoms. The molecule has 0 atom stereocenters. The van der Waals surface area contributed by atoms with Crippen LogP contribution in [0.1, 0.15) is 0 Å². The van der Waals surface area contributed by atoms with Gasteiger partial charge in [-0.2, -0.15) is 8.42 Å². The summed E-state index contributed by atoms with van der Waals surface area (Å²) in [4.78, 5) is 11.1. The van der Waals surface area contributed by atoms with E-state index in [1.54, 1.807) is 12.1 Å². The lowest BCUT2D eigenvalue weighted by atomic mass is 10.3. The molecule has 15 heavy (non-hydrogen) atoms. The lowest BCUT2D eigenvalue weighted by Crippen LogP contribution is -2.05. The Hall–Kier alpha value is -0.720. The fraction of sp³-hybridized carbons (Fsp3) is 0.125. The summed E-state index contributed by atoms with van der Waals surface area (Å²) < 4.78 is 25.6. The van der Waals surface area contributed by atoms with Crippen molar-refractivity contribution in [3.63, 3.8) is 0 Å². The van der Waals surface area contributed by atoms with E-state index in [2.05, 4.69) is 4.18 Å². The Labute approximate surface area is 96.7 Å². The van der Waals surface area contributed by atoms with Gasteiger partial charge in [-0.15, -0.1) is 0 Å². The first-order valence-electron chi connectivity index (χ1n) is 3.74. The Balaban J connectivity index is 2.77. The molecule has 0 aliphatic carbocycles. The fourth-order valence-electron chi connectivity index (χ4n) is 0.831. The maximum atomic E-state index is 10.8. The molecule has 0 saturated carbocycles. The van der Waals surface area contributed by atoms with Crippen LogP contribution in [-0.4, -0.2) is 19.2 Å². The average molecular weight is 267 g/mol. The molecule has 82 valence electrons. The normalized spacial score (nSPS) is 11.1. The predicted molar refractivity (Wildman–Crippen MR) is 59.0 cm³/mol. The minimum absolute atomic E-state index is 0.198. The van der Waals surface area contributed by atoms with Crippen molar-refractivity contribution in [2.24, 2.45) is 0 Å². The van der Waals surface area contributed by atoms with E-state index in [0.29, 0.717) is 4.90 Å². The van der Waals surface area contributed by atoms with Crippen molar-refractivity contribution in [2.75, 3.05) is 6.26 Å². The van der Waals surface area contributed by atoms with Crippen LogP contribution in [0.2, 0.25) is 0 Å². The molecule has 0 unspecified atom stereocenters. The molecule has 1 aromatic carbocycles. The molecule has 0 amide bonds. The van der Waals surface area contributed by atoms with Crippen LogP contribution < -0.4 is 4.18 Å². The lowest BCUT2D eigenvalue weighted by molar-refractivity contribution is 0.276. The van der Waals surface area contributed by atoms with E-state index in [1.165, 1.54) is 12.1 Å². The molecule has 0 N–H and O–H groups in total. The number of hydrogen-bond acceptors (Lipinski definition) is 5. The number of hydrogen-bond donors (Lipinski definition) is 0. The van der Waals surface area contributed by atoms with E-state index in [4.69, 9.17) is 11.6 Å². The SMILES string of the molecule is CS(=O)(=O)Oc1ccc(SC(=O)Cl)cc1. The van der Waals surface area contributed by atoms with Gasteiger partial charge in [-0.1, -0.05) is 0 Å². The van der Waals surface area contributed by atoms with Crippen molar-refractivity contribution in [1.29, 1.82) is 0 Å². The molecular formula is C8H7ClO4S2. The number of carbonyl (C=O) groups excluding carboxylic acids is 1. The maximum Gasteiger partial charge on any atom is 0.306 e. The molecule has 0 spiro atoms. The number of thioether (sulfide) groups is 1. The second kappa shape index (κ2) is 4.87. The Morgan fingerprint density at radius 1 is 1.33 bits per heavy atom. The van der Waals surface area contributed by atoms with Gasteiger partial charge in [-0.25, -0.2) is 0 Å². The molecule has 0 aliphatic heterocycles. The zero-order valence-electron chi connectivity index (χ0n) is 7.64. The van der Waals surface area contributed by atoms with Crippen LogP contribution in [0.5, 0.6) is 5.75 Å². The average Bonchev–Trinajstić information content (AvgIpc) is 2.05. The van der Waals surface area contributed by atoms with Gasteiger partial charge in [0, 0.05) is 4.90 Å². The zero-order chi connectivity index (χ0) is 11.5. The third-order valence-corrected chi connectivity index (χ3v) is 2.66. The summed E-state index contributed by atoms with van der Waals surface area (Å²) in [7, 11) is -3.51. The van der Waals surface area contributed by atoms with Gasteiger partial charge in [0.2, 0.25) is 0 Å². The van der Waals surface area contributed by atoms with Crippen LogP contribution in [-0.2, 0) is 10.1 Å². The summed E-state index contributed by atoms with van der Waals surface area (Å²) in [5.41, 5.74) is 0. The van der Waals surface area contributed by atoms with Gasteiger partial charge in [0.1, 0.15) is 5.75 Å². The second-order valence-electron chi connectivity index (χ2n) is 2.60. The monoisotopic (exact) mass is 266 g/mol. The molecule has 1 rings (SSSR count). The smallest absolute Gasteiger partial charge is 0.306 e. The second-order valence-corrected chi connectivity index (χ2v) is 5.79. The molecule has 0 heterocycles. The van der Waals surface area contributed by atoms with E-state index >= 15 is 0 Å². The third kappa shape index (κ3) is 5.06. The third-order valence-electron chi connectivity index (χ3n) is 1.27. The first-order chi connectivity index (χ1) is 6.87. The summed E-state index contributed by atoms with van der Waals surface area (Å²) in [6.45, 7) is 0. The topological polar surface area (TPSA) is 60.4 Å². The highest BCUT2D eigenvalue weighted by molar-refractivity contribution is 8.16. The first kappa shape index (κ1) is 12.4. The quantitative estimate of drug-likeness (QED) is 0.478. The molecule has 1 aromatic rings. The van der Waals surface area contributed by atoms with E-state index in [0.717, 1.165) is 18.0 Å². The predicted octanol–water partition coefficient (Wildman–Crippen LogP) is 2.48. The van der Waals surface area contributed by atoms with Crippen molar-refractivity contribution in [2.45, 2.75) is 4.90 Å². The lowest BCUT2D eigenvalue weighted by Gasteiger charge is -2.02. The van der Waals surface area contributed by atoms with Gasteiger partial charge >= 0.3 is 10.1 Å². The molecule has 4 nitrogen and oxygen atoms in total. The van der Waals surface area contributed by atoms with Crippen LogP contribution in [0.3, 0.4) is 0 Å². The van der Waals surface area contributed by atoms with Crippen LogP contribution in [0.15, 0.2) is 29.2 Å². The molecule has 0 saturated heterocycles. The first-order valence-corrected chi connectivity index (χ1v) is 6.75. The zero-order valence-corrected chi connectivity index (χ0v) is 10.0. The largest absolute Gasteiger partial charge is 0.383 e. The van der Waals surface area contributed by atoms with Gasteiger partial charge in [0.15, 0.2) is 0 Å². The van der Waals surface area contributed by atoms with Gasteiger partial charge < -0.3 is 4.18 Å². The molecule has 0 radical (unpaired) electrons. The summed E-state index contributed by atoms with van der Waals surface area (Å²) >= 11 is 6.00. The van der Waals surface area contributed by atoms with Crippen molar-refractivity contribution < 1.29 is 17.4 Å². The summed E-state index contributed by atoms with van der Waals surface area (Å²) in [6, 6.07) is 5.99. The van der Waals surface area contributed by atoms with Crippen molar-refractivity contribution >= 4 is 38.1 Å². The van der Waals surface area contributed by atoms with Gasteiger partial charge in [-0.3, -0.25) is 4.79 Å². The van der Waals surface area contributed by atoms with E-state index in [-0.39, 0.29) is 5.75 Å². The highest BCUT2D eigenvalue weighted by Gasteiger charge is 2.05. The maximum absolute atomic E-state index is 10.8. The number of carbonyl (C=O) groups is 1. The van der Waals surface area contributed by atoms with E-state index in [1.807, 2.05) is 0 Å². The van der Waals surface area contributed by atoms with Gasteiger partial charge in [0.05, 0.1) is 6.26 Å². The van der Waals surface area contributed by atoms with E-state index < -0.39 is 14.7 Å². The highest BCUT2D eigenvalue weighted by Crippen LogP contribution is 2.24. The summed E-state index contributed by atoms with van der Waals surface area (Å²) in [5, 5.41) is 0. The molecular weight excluding hydrogens is 260 g/mol. The number of halogens is 1. The molecule has 7 heteroatoms. The molecule has 0 fully saturated rings. The fourth-order valence-corrected chi connectivity index (χ4v) is 2.02. The van der Waals surface area contributed by atoms with Crippen LogP contribution in [0, 0.1) is 0 Å². The number of benzene rings is 1. The molecule has 0 aliphatic rings. The van der Waals surface area contributed by atoms with Crippen LogP contribution >= 0.6 is 23.4 Å². The summed E-state index contributed by atoms with van der Waals surface area (Å²) in [5.74, 6) is 0.198. The van der Waals surface area contributed by atoms with E-state index in [9.17, 15) is 13.2 Å². The Morgan fingerprint density at radius 2 is 1.87 bits per heavy atom. The number of rotatable bonds is 3. The highest BCUT2D eigenvalue weighted by atomic mass is 35.5. The van der Waals surface area contributed by atoms with Crippen LogP contribution in [0.25, 0.3) is 0 Å². The summed E-state index contributed by atoms with van der Waals surface area (Å²) in [6.07, 6.45) is 0.956. The Morgan fingerprint density at radius 3 is 2.27 bits per heavy atom. The minimum Gasteiger partial charge on any atom is -0.383 e. The van der Waals surface area contributed by atoms with Gasteiger partial charge in [-0.05, 0) is 47.6 Å².